The number of piperazine rings is 1. The lowest BCUT2D eigenvalue weighted by Crippen LogP contribution is -2.50. The van der Waals surface area contributed by atoms with Crippen LogP contribution in [-0.4, -0.2) is 63.8 Å². The summed E-state index contributed by atoms with van der Waals surface area (Å²) in [7, 11) is -1.51. The number of fused-ring (bicyclic) bond motifs is 1. The van der Waals surface area contributed by atoms with Gasteiger partial charge in [-0.1, -0.05) is 69.9 Å². The predicted octanol–water partition coefficient (Wildman–Crippen LogP) is 7.67. The van der Waals surface area contributed by atoms with Crippen LogP contribution in [0.3, 0.4) is 0 Å². The molecule has 2 heterocycles. The van der Waals surface area contributed by atoms with Gasteiger partial charge in [0.25, 0.3) is 5.91 Å². The van der Waals surface area contributed by atoms with Crippen molar-refractivity contribution in [1.29, 1.82) is 0 Å². The first kappa shape index (κ1) is 31.5. The summed E-state index contributed by atoms with van der Waals surface area (Å²) in [6, 6.07) is 15.2. The minimum atomic E-state index is -1.51. The summed E-state index contributed by atoms with van der Waals surface area (Å²) >= 11 is 0. The Bertz CT molecular complexity index is 1470. The number of aromatic nitrogens is 1. The number of hydrogen-bond acceptors (Lipinski definition) is 5. The summed E-state index contributed by atoms with van der Waals surface area (Å²) < 4.78 is 22.0. The number of carbonyl (C=O) groups is 2. The highest BCUT2D eigenvalue weighted by molar-refractivity contribution is 7.86. The van der Waals surface area contributed by atoms with Crippen LogP contribution in [0.15, 0.2) is 59.6 Å². The zero-order valence-electron chi connectivity index (χ0n) is 26.3. The van der Waals surface area contributed by atoms with Crippen molar-refractivity contribution >= 4 is 39.6 Å². The van der Waals surface area contributed by atoms with Crippen LogP contribution in [0, 0.1) is 5.92 Å². The van der Waals surface area contributed by atoms with Gasteiger partial charge in [-0.3, -0.25) is 9.78 Å². The Kier molecular flexibility index (Phi) is 10.7. The molecule has 2 amide bonds. The van der Waals surface area contributed by atoms with Gasteiger partial charge in [-0.15, -0.1) is 0 Å². The molecule has 2 aliphatic carbocycles. The van der Waals surface area contributed by atoms with Crippen LogP contribution in [0.1, 0.15) is 98.9 Å². The van der Waals surface area contributed by atoms with Gasteiger partial charge in [0.2, 0.25) is 0 Å². The number of nitrogens with one attached hydrogen (secondary N) is 1. The minimum absolute atomic E-state index is 0.0734. The van der Waals surface area contributed by atoms with Crippen molar-refractivity contribution < 1.29 is 18.5 Å². The highest BCUT2D eigenvalue weighted by Gasteiger charge is 2.26. The average molecular weight is 631 g/mol. The van der Waals surface area contributed by atoms with Gasteiger partial charge in [-0.2, -0.15) is 0 Å². The van der Waals surface area contributed by atoms with E-state index >= 15 is 0 Å². The minimum Gasteiger partial charge on any atom is -0.449 e. The second-order valence-electron chi connectivity index (χ2n) is 12.9. The van der Waals surface area contributed by atoms with Crippen LogP contribution in [0.4, 0.5) is 10.5 Å². The molecular formula is C36H46N4O4S. The zero-order valence-corrected chi connectivity index (χ0v) is 27.1. The van der Waals surface area contributed by atoms with Gasteiger partial charge in [-0.05, 0) is 73.1 Å². The number of pyridine rings is 1. The maximum absolute atomic E-state index is 13.4. The standard InChI is InChI=1S/C36H46N4O4S/c41-35(39-20-22-40(23-21-39)36(42)44-24-19-27-9-4-3-5-10-27)29-15-17-32(18-16-29)38-45(43)33-14-8-13-30-25-31(26-37-34(30)33)28-11-6-1-2-7-12-28/h8,13-18,25-28,38H,1-7,9-12,19-24H2. The van der Waals surface area contributed by atoms with Crippen molar-refractivity contribution in [2.75, 3.05) is 37.5 Å². The fourth-order valence-corrected chi connectivity index (χ4v) is 8.14. The lowest BCUT2D eigenvalue weighted by Gasteiger charge is -2.34. The maximum atomic E-state index is 13.4. The number of anilines is 1. The fraction of sp³-hybridized carbons (Fsp3) is 0.528. The third-order valence-electron chi connectivity index (χ3n) is 9.87. The molecule has 45 heavy (non-hydrogen) atoms. The largest absolute Gasteiger partial charge is 0.449 e. The quantitative estimate of drug-likeness (QED) is 0.258. The molecule has 9 heteroatoms. The van der Waals surface area contributed by atoms with E-state index in [4.69, 9.17) is 9.72 Å². The lowest BCUT2D eigenvalue weighted by atomic mass is 9.87. The Hall–Kier alpha value is -3.46. The van der Waals surface area contributed by atoms with E-state index in [-0.39, 0.29) is 12.0 Å². The Morgan fingerprint density at radius 1 is 0.844 bits per heavy atom. The number of hydrogen-bond donors (Lipinski definition) is 1. The van der Waals surface area contributed by atoms with Crippen molar-refractivity contribution in [1.82, 2.24) is 14.8 Å². The first-order valence-electron chi connectivity index (χ1n) is 16.9. The monoisotopic (exact) mass is 630 g/mol. The summed E-state index contributed by atoms with van der Waals surface area (Å²) in [6.07, 6.45) is 16.6. The molecular weight excluding hydrogens is 584 g/mol. The van der Waals surface area contributed by atoms with Gasteiger partial charge in [0, 0.05) is 49.0 Å². The van der Waals surface area contributed by atoms with Crippen LogP contribution in [0.2, 0.25) is 0 Å². The third-order valence-corrected chi connectivity index (χ3v) is 11.0. The maximum Gasteiger partial charge on any atom is 0.409 e. The average Bonchev–Trinajstić information content (AvgIpc) is 3.38. The van der Waals surface area contributed by atoms with Crippen LogP contribution >= 0.6 is 0 Å². The van der Waals surface area contributed by atoms with Crippen LogP contribution < -0.4 is 4.72 Å². The molecule has 2 saturated carbocycles. The SMILES string of the molecule is O=C(OCCC1CCCCC1)N1CCN(C(=O)c2ccc(NS(=O)c3cccc4cc(C5CCCCCC5)cnc34)cc2)CC1. The number of para-hydroxylation sites is 1. The summed E-state index contributed by atoms with van der Waals surface area (Å²) in [5.41, 5.74) is 3.26. The van der Waals surface area contributed by atoms with Gasteiger partial charge in [0.05, 0.1) is 17.0 Å². The number of carbonyl (C=O) groups excluding carboxylic acids is 2. The molecule has 3 fully saturated rings. The summed E-state index contributed by atoms with van der Waals surface area (Å²) in [5, 5.41) is 1.01. The molecule has 2 aromatic carbocycles. The van der Waals surface area contributed by atoms with Crippen molar-refractivity contribution in [3.05, 3.63) is 65.9 Å². The second kappa shape index (κ2) is 15.2. The van der Waals surface area contributed by atoms with E-state index in [1.807, 2.05) is 24.4 Å². The molecule has 1 saturated heterocycles. The first-order valence-corrected chi connectivity index (χ1v) is 18.1. The van der Waals surface area contributed by atoms with E-state index in [2.05, 4.69) is 10.8 Å². The normalized spacial score (nSPS) is 19.2. The molecule has 6 rings (SSSR count). The Labute approximate surface area is 269 Å². The van der Waals surface area contributed by atoms with E-state index in [9.17, 15) is 13.8 Å². The Morgan fingerprint density at radius 3 is 2.24 bits per heavy atom. The molecule has 1 atom stereocenters. The number of ether oxygens (including phenoxy) is 1. The Balaban J connectivity index is 0.999. The van der Waals surface area contributed by atoms with E-state index in [1.165, 1.54) is 76.2 Å². The summed E-state index contributed by atoms with van der Waals surface area (Å²) in [5.74, 6) is 1.16. The highest BCUT2D eigenvalue weighted by atomic mass is 32.2. The van der Waals surface area contributed by atoms with Crippen molar-refractivity contribution in [2.45, 2.75) is 87.9 Å². The van der Waals surface area contributed by atoms with E-state index in [1.54, 1.807) is 34.1 Å². The van der Waals surface area contributed by atoms with E-state index in [0.717, 1.165) is 17.3 Å². The molecule has 1 aromatic heterocycles. The van der Waals surface area contributed by atoms with Crippen LogP contribution in [0.25, 0.3) is 10.9 Å². The second-order valence-corrected chi connectivity index (χ2v) is 14.1. The molecule has 240 valence electrons. The smallest absolute Gasteiger partial charge is 0.409 e. The van der Waals surface area contributed by atoms with E-state index < -0.39 is 11.0 Å². The fourth-order valence-electron chi connectivity index (χ4n) is 7.13. The molecule has 8 nitrogen and oxygen atoms in total. The molecule has 0 radical (unpaired) electrons. The molecule has 0 bridgehead atoms. The van der Waals surface area contributed by atoms with Gasteiger partial charge in [0.15, 0.2) is 11.0 Å². The van der Waals surface area contributed by atoms with Crippen LogP contribution in [0.5, 0.6) is 0 Å². The van der Waals surface area contributed by atoms with E-state index in [0.29, 0.717) is 60.8 Å². The van der Waals surface area contributed by atoms with Crippen molar-refractivity contribution in [2.24, 2.45) is 5.92 Å². The molecule has 3 aliphatic rings. The Morgan fingerprint density at radius 2 is 1.51 bits per heavy atom. The summed E-state index contributed by atoms with van der Waals surface area (Å²) in [4.78, 5) is 34.6. The molecule has 1 unspecified atom stereocenters. The number of nitrogens with zero attached hydrogens (tertiary/aromatic N) is 3. The summed E-state index contributed by atoms with van der Waals surface area (Å²) in [6.45, 7) is 2.35. The number of amides is 2. The third kappa shape index (κ3) is 8.04. The highest BCUT2D eigenvalue weighted by Crippen LogP contribution is 2.33. The van der Waals surface area contributed by atoms with Gasteiger partial charge in [-0.25, -0.2) is 9.00 Å². The van der Waals surface area contributed by atoms with Gasteiger partial charge < -0.3 is 19.3 Å². The lowest BCUT2D eigenvalue weighted by molar-refractivity contribution is 0.0543. The molecule has 1 aliphatic heterocycles. The molecule has 1 N–H and O–H groups in total. The zero-order chi connectivity index (χ0) is 31.0. The number of benzene rings is 2. The number of rotatable bonds is 8. The molecule has 3 aromatic rings. The predicted molar refractivity (Wildman–Crippen MR) is 179 cm³/mol. The molecule has 0 spiro atoms. The van der Waals surface area contributed by atoms with Crippen molar-refractivity contribution in [3.8, 4) is 0 Å². The first-order chi connectivity index (χ1) is 22.0. The topological polar surface area (TPSA) is 91.8 Å². The van der Waals surface area contributed by atoms with Crippen molar-refractivity contribution in [3.63, 3.8) is 0 Å². The van der Waals surface area contributed by atoms with Gasteiger partial charge in [0.1, 0.15) is 0 Å². The van der Waals surface area contributed by atoms with Crippen LogP contribution in [-0.2, 0) is 15.7 Å². The van der Waals surface area contributed by atoms with Gasteiger partial charge >= 0.3 is 6.09 Å².